The molecule has 1 atom stereocenters. The number of likely N-dealkylation sites (N-methyl/N-ethyl adjacent to an activating group) is 1. The second kappa shape index (κ2) is 9.03. The molecular weight excluding hydrogens is 432 g/mol. The lowest BCUT2D eigenvalue weighted by Crippen LogP contribution is -2.50. The quantitative estimate of drug-likeness (QED) is 0.624. The third-order valence-corrected chi connectivity index (χ3v) is 6.84. The Morgan fingerprint density at radius 3 is 2.50 bits per heavy atom. The number of para-hydroxylation sites is 2. The first-order valence-corrected chi connectivity index (χ1v) is 11.0. The topological polar surface area (TPSA) is 93.2 Å². The van der Waals surface area contributed by atoms with E-state index in [-0.39, 0.29) is 18.0 Å². The summed E-state index contributed by atoms with van der Waals surface area (Å²) in [6, 6.07) is 12.5. The molecule has 160 valence electrons. The van der Waals surface area contributed by atoms with Gasteiger partial charge in [-0.3, -0.25) is 4.79 Å². The average Bonchev–Trinajstić information content (AvgIpc) is 2.76. The Hall–Kier alpha value is -2.62. The number of sulfonamides is 1. The third kappa shape index (κ3) is 4.43. The molecule has 1 aliphatic rings. The molecule has 1 unspecified atom stereocenters. The summed E-state index contributed by atoms with van der Waals surface area (Å²) in [6.45, 7) is 1.25. The van der Waals surface area contributed by atoms with Gasteiger partial charge in [-0.25, -0.2) is 13.2 Å². The number of anilines is 1. The Morgan fingerprint density at radius 2 is 1.87 bits per heavy atom. The van der Waals surface area contributed by atoms with Gasteiger partial charge in [0.2, 0.25) is 22.0 Å². The van der Waals surface area contributed by atoms with Gasteiger partial charge < -0.3 is 14.4 Å². The maximum Gasteiger partial charge on any atom is 0.348 e. The molecule has 0 N–H and O–H groups in total. The van der Waals surface area contributed by atoms with E-state index in [9.17, 15) is 18.0 Å². The standard InChI is InChI=1S/C20H21ClN2O6S/c1-3-22(30(26,27)15-10-8-14(21)9-11-15)13-19(24)23-12-18(20(25)28-2)29-17-7-5-4-6-16(17)23/h4-11,18H,3,12-13H2,1-2H3. The molecule has 10 heteroatoms. The molecule has 3 rings (SSSR count). The van der Waals surface area contributed by atoms with Gasteiger partial charge in [0.15, 0.2) is 0 Å². The zero-order valence-corrected chi connectivity index (χ0v) is 18.0. The van der Waals surface area contributed by atoms with Gasteiger partial charge in [-0.05, 0) is 36.4 Å². The highest BCUT2D eigenvalue weighted by Crippen LogP contribution is 2.33. The Bertz CT molecular complexity index is 1040. The second-order valence-electron chi connectivity index (χ2n) is 6.49. The molecule has 0 saturated carbocycles. The van der Waals surface area contributed by atoms with Crippen LogP contribution in [0.25, 0.3) is 0 Å². The number of rotatable bonds is 6. The van der Waals surface area contributed by atoms with E-state index < -0.39 is 34.5 Å². The van der Waals surface area contributed by atoms with E-state index in [0.717, 1.165) is 4.31 Å². The molecule has 0 spiro atoms. The number of carbonyl (C=O) groups excluding carboxylic acids is 2. The van der Waals surface area contributed by atoms with Gasteiger partial charge in [-0.15, -0.1) is 0 Å². The molecule has 1 amide bonds. The van der Waals surface area contributed by atoms with Gasteiger partial charge >= 0.3 is 5.97 Å². The summed E-state index contributed by atoms with van der Waals surface area (Å²) in [6.07, 6.45) is -1.00. The van der Waals surface area contributed by atoms with E-state index in [2.05, 4.69) is 0 Å². The van der Waals surface area contributed by atoms with Crippen molar-refractivity contribution in [1.82, 2.24) is 4.31 Å². The number of ether oxygens (including phenoxy) is 2. The van der Waals surface area contributed by atoms with Crippen LogP contribution in [0.1, 0.15) is 6.92 Å². The van der Waals surface area contributed by atoms with Crippen LogP contribution in [0.5, 0.6) is 5.75 Å². The number of nitrogens with zero attached hydrogens (tertiary/aromatic N) is 2. The summed E-state index contributed by atoms with van der Waals surface area (Å²) >= 11 is 5.84. The molecule has 0 bridgehead atoms. The van der Waals surface area contributed by atoms with Gasteiger partial charge in [0.05, 0.1) is 30.8 Å². The van der Waals surface area contributed by atoms with Gasteiger partial charge in [0.1, 0.15) is 5.75 Å². The fourth-order valence-corrected chi connectivity index (χ4v) is 4.61. The van der Waals surface area contributed by atoms with E-state index in [1.807, 2.05) is 0 Å². The molecule has 1 aliphatic heterocycles. The summed E-state index contributed by atoms with van der Waals surface area (Å²) in [5, 5.41) is 0.409. The highest BCUT2D eigenvalue weighted by atomic mass is 35.5. The summed E-state index contributed by atoms with van der Waals surface area (Å²) in [7, 11) is -2.68. The summed E-state index contributed by atoms with van der Waals surface area (Å²) in [5.41, 5.74) is 0.461. The molecule has 0 saturated heterocycles. The number of hydrogen-bond acceptors (Lipinski definition) is 6. The minimum absolute atomic E-state index is 0.0383. The molecule has 30 heavy (non-hydrogen) atoms. The number of carbonyl (C=O) groups is 2. The zero-order chi connectivity index (χ0) is 21.9. The monoisotopic (exact) mass is 452 g/mol. The molecule has 1 heterocycles. The van der Waals surface area contributed by atoms with E-state index in [4.69, 9.17) is 21.1 Å². The fourth-order valence-electron chi connectivity index (χ4n) is 3.08. The minimum atomic E-state index is -3.91. The first kappa shape index (κ1) is 22.1. The van der Waals surface area contributed by atoms with Crippen molar-refractivity contribution in [2.24, 2.45) is 0 Å². The van der Waals surface area contributed by atoms with Crippen LogP contribution in [0.3, 0.4) is 0 Å². The van der Waals surface area contributed by atoms with Gasteiger partial charge in [0.25, 0.3) is 0 Å². The number of amides is 1. The van der Waals surface area contributed by atoms with Crippen LogP contribution in [-0.2, 0) is 24.3 Å². The number of methoxy groups -OCH3 is 1. The predicted molar refractivity (Wildman–Crippen MR) is 111 cm³/mol. The highest BCUT2D eigenvalue weighted by molar-refractivity contribution is 7.89. The zero-order valence-electron chi connectivity index (χ0n) is 16.4. The smallest absolute Gasteiger partial charge is 0.348 e. The number of hydrogen-bond donors (Lipinski definition) is 0. The Kier molecular flexibility index (Phi) is 6.64. The number of benzene rings is 2. The summed E-state index contributed by atoms with van der Waals surface area (Å²) in [4.78, 5) is 26.5. The van der Waals surface area contributed by atoms with Crippen LogP contribution in [0.2, 0.25) is 5.02 Å². The van der Waals surface area contributed by atoms with Crippen molar-refractivity contribution in [3.63, 3.8) is 0 Å². The van der Waals surface area contributed by atoms with Gasteiger partial charge in [0, 0.05) is 11.6 Å². The molecular formula is C20H21ClN2O6S. The molecule has 2 aromatic carbocycles. The lowest BCUT2D eigenvalue weighted by molar-refractivity contribution is -0.148. The third-order valence-electron chi connectivity index (χ3n) is 4.65. The maximum absolute atomic E-state index is 13.1. The van der Waals surface area contributed by atoms with Gasteiger partial charge in [-0.2, -0.15) is 4.31 Å². The van der Waals surface area contributed by atoms with Crippen molar-refractivity contribution in [1.29, 1.82) is 0 Å². The van der Waals surface area contributed by atoms with E-state index >= 15 is 0 Å². The van der Waals surface area contributed by atoms with Crippen LogP contribution >= 0.6 is 11.6 Å². The number of halogens is 1. The van der Waals surface area contributed by atoms with Crippen molar-refractivity contribution < 1.29 is 27.5 Å². The van der Waals surface area contributed by atoms with Crippen molar-refractivity contribution in [3.8, 4) is 5.75 Å². The molecule has 0 aliphatic carbocycles. The minimum Gasteiger partial charge on any atom is -0.475 e. The van der Waals surface area contributed by atoms with Crippen molar-refractivity contribution in [2.75, 3.05) is 31.6 Å². The second-order valence-corrected chi connectivity index (χ2v) is 8.86. The Morgan fingerprint density at radius 1 is 1.20 bits per heavy atom. The van der Waals surface area contributed by atoms with Crippen LogP contribution in [0.15, 0.2) is 53.4 Å². The highest BCUT2D eigenvalue weighted by Gasteiger charge is 2.36. The van der Waals surface area contributed by atoms with Gasteiger partial charge in [-0.1, -0.05) is 30.7 Å². The van der Waals surface area contributed by atoms with E-state index in [1.54, 1.807) is 31.2 Å². The van der Waals surface area contributed by atoms with E-state index in [1.165, 1.54) is 36.3 Å². The first-order chi connectivity index (χ1) is 14.3. The molecule has 0 fully saturated rings. The van der Waals surface area contributed by atoms with Crippen molar-refractivity contribution >= 4 is 39.2 Å². The first-order valence-electron chi connectivity index (χ1n) is 9.17. The van der Waals surface area contributed by atoms with Crippen LogP contribution in [0, 0.1) is 0 Å². The molecule has 2 aromatic rings. The van der Waals surface area contributed by atoms with Crippen molar-refractivity contribution in [3.05, 3.63) is 53.6 Å². The molecule has 0 aromatic heterocycles. The van der Waals surface area contributed by atoms with Crippen LogP contribution < -0.4 is 9.64 Å². The summed E-state index contributed by atoms with van der Waals surface area (Å²) < 4.78 is 37.4. The summed E-state index contributed by atoms with van der Waals surface area (Å²) in [5.74, 6) is -0.765. The van der Waals surface area contributed by atoms with E-state index in [0.29, 0.717) is 16.5 Å². The Balaban J connectivity index is 1.87. The predicted octanol–water partition coefficient (Wildman–Crippen LogP) is 2.32. The van der Waals surface area contributed by atoms with Crippen molar-refractivity contribution in [2.45, 2.75) is 17.9 Å². The number of fused-ring (bicyclic) bond motifs is 1. The SMILES string of the molecule is CCN(CC(=O)N1CC(C(=O)OC)Oc2ccccc21)S(=O)(=O)c1ccc(Cl)cc1. The van der Waals surface area contributed by atoms with Crippen LogP contribution in [0.4, 0.5) is 5.69 Å². The lowest BCUT2D eigenvalue weighted by Gasteiger charge is -2.34. The van der Waals surface area contributed by atoms with Crippen LogP contribution in [-0.4, -0.2) is 57.4 Å². The normalized spacial score (nSPS) is 16.0. The average molecular weight is 453 g/mol. The lowest BCUT2D eigenvalue weighted by atomic mass is 10.2. The Labute approximate surface area is 180 Å². The largest absolute Gasteiger partial charge is 0.475 e. The fraction of sp³-hybridized carbons (Fsp3) is 0.300. The molecule has 8 nitrogen and oxygen atoms in total. The number of esters is 1. The molecule has 0 radical (unpaired) electrons. The maximum atomic E-state index is 13.1.